The molecule has 3 amide bonds. The molecule has 2 aliphatic heterocycles. The van der Waals surface area contributed by atoms with E-state index >= 15 is 0 Å². The fourth-order valence-corrected chi connectivity index (χ4v) is 16.3. The first-order valence-corrected chi connectivity index (χ1v) is 37.6. The van der Waals surface area contributed by atoms with Crippen LogP contribution in [0.1, 0.15) is 91.2 Å². The van der Waals surface area contributed by atoms with E-state index in [9.17, 15) is 79.9 Å². The summed E-state index contributed by atoms with van der Waals surface area (Å²) in [6.07, 6.45) is 9.99. The van der Waals surface area contributed by atoms with Gasteiger partial charge in [-0.2, -0.15) is 4.58 Å². The van der Waals surface area contributed by atoms with Gasteiger partial charge in [0.05, 0.1) is 56.8 Å². The summed E-state index contributed by atoms with van der Waals surface area (Å²) in [5.41, 5.74) is 4.14. The van der Waals surface area contributed by atoms with E-state index in [0.717, 1.165) is 17.7 Å². The minimum atomic E-state index is -5.33. The molecule has 0 saturated carbocycles. The van der Waals surface area contributed by atoms with Gasteiger partial charge in [-0.05, 0) is 140 Å². The summed E-state index contributed by atoms with van der Waals surface area (Å²) < 4.78 is 191. The molecular formula is C65H73K3N6O21S5. The molecular weight excluding hydrogens is 1480 g/mol. The number of amides is 3. The van der Waals surface area contributed by atoms with E-state index in [0.29, 0.717) is 94.2 Å². The molecule has 0 unspecified atom stereocenters. The number of unbranched alkanes of at least 4 members (excludes halogenated alkanes) is 2. The molecule has 27 nitrogen and oxygen atoms in total. The molecule has 0 aliphatic carbocycles. The van der Waals surface area contributed by atoms with Crippen LogP contribution in [0.15, 0.2) is 158 Å². The van der Waals surface area contributed by atoms with E-state index in [2.05, 4.69) is 10.6 Å². The number of sulfonamides is 1. The maximum atomic E-state index is 14.2. The Balaban J connectivity index is 0.00000601. The molecule has 522 valence electrons. The van der Waals surface area contributed by atoms with E-state index in [-0.39, 0.29) is 238 Å². The Hall–Kier alpha value is -2.92. The summed E-state index contributed by atoms with van der Waals surface area (Å²) in [6, 6.07) is 20.4. The number of fused-ring (bicyclic) bond motifs is 6. The third kappa shape index (κ3) is 20.4. The van der Waals surface area contributed by atoms with Crippen LogP contribution in [0, 0.1) is 0 Å². The van der Waals surface area contributed by atoms with Crippen molar-refractivity contribution in [2.24, 2.45) is 0 Å². The summed E-state index contributed by atoms with van der Waals surface area (Å²) in [6.45, 7) is 10.6. The average molecular weight is 1550 g/mol. The number of methoxy groups -OCH3 is 1. The summed E-state index contributed by atoms with van der Waals surface area (Å²) in [5, 5.41) is 15.0. The van der Waals surface area contributed by atoms with Gasteiger partial charge in [0.1, 0.15) is 58.8 Å². The van der Waals surface area contributed by atoms with Crippen LogP contribution in [0.4, 0.5) is 11.4 Å². The van der Waals surface area contributed by atoms with Crippen LogP contribution >= 0.6 is 0 Å². The van der Waals surface area contributed by atoms with E-state index < -0.39 is 99.5 Å². The quantitative estimate of drug-likeness (QED) is 0.00670. The largest absolute Gasteiger partial charge is 1.00 e. The number of anilines is 1. The minimum absolute atomic E-state index is 0. The Morgan fingerprint density at radius 2 is 1.18 bits per heavy atom. The van der Waals surface area contributed by atoms with Crippen LogP contribution < -0.4 is 180 Å². The van der Waals surface area contributed by atoms with Crippen molar-refractivity contribution in [3.05, 3.63) is 144 Å². The summed E-state index contributed by atoms with van der Waals surface area (Å²) in [5.74, 6) is -1.20. The molecule has 0 radical (unpaired) electrons. The zero-order valence-electron chi connectivity index (χ0n) is 56.9. The SMILES string of the molecule is CCC(=O)NCC[C@H](C(=O)NO)N(OCCOCCNC(=O)CCCCC[N+]1=C(/C=C/C=C/C=C2/N(CC)c3ccc4c(S(=O)(=O)[O-])cc(S(=O)(=O)[O-])cc4c3C2(C)C)C(C)(C)c2c1ccc1c(S(=O)(=O)[O-])cc(S(=O)(=O)[O-])cc21)S(=O)(=O)c1ccc(-c2ccc(OC)cc2)cc1.[K+].[K+].[K+]. The van der Waals surface area contributed by atoms with Crippen LogP contribution in [0.5, 0.6) is 5.75 Å². The first-order chi connectivity index (χ1) is 45.5. The second-order valence-corrected chi connectivity index (χ2v) is 30.9. The average Bonchev–Trinajstić information content (AvgIpc) is 1.54. The van der Waals surface area contributed by atoms with Crippen molar-refractivity contribution in [2.45, 2.75) is 121 Å². The maximum Gasteiger partial charge on any atom is 1.00 e. The predicted octanol–water partition coefficient (Wildman–Crippen LogP) is -2.41. The molecule has 4 N–H and O–H groups in total. The van der Waals surface area contributed by atoms with Gasteiger partial charge in [-0.3, -0.25) is 24.4 Å². The molecule has 8 rings (SSSR count). The molecule has 0 bridgehead atoms. The van der Waals surface area contributed by atoms with E-state index in [4.69, 9.17) is 14.3 Å². The normalized spacial score (nSPS) is 15.2. The summed E-state index contributed by atoms with van der Waals surface area (Å²) in [7, 11) is -24.2. The second-order valence-electron chi connectivity index (χ2n) is 23.7. The van der Waals surface area contributed by atoms with Crippen molar-refractivity contribution >= 4 is 107 Å². The van der Waals surface area contributed by atoms with E-state index in [1.54, 1.807) is 99.7 Å². The third-order valence-electron chi connectivity index (χ3n) is 16.8. The molecule has 1 atom stereocenters. The van der Waals surface area contributed by atoms with Gasteiger partial charge in [0.2, 0.25) is 17.5 Å². The topological polar surface area (TPSA) is 408 Å². The number of benzene rings is 6. The smallest absolute Gasteiger partial charge is 0.744 e. The third-order valence-corrected chi connectivity index (χ3v) is 21.9. The second kappa shape index (κ2) is 36.6. The zero-order chi connectivity index (χ0) is 71.2. The number of rotatable bonds is 31. The number of allylic oxidation sites excluding steroid dienone is 6. The Morgan fingerprint density at radius 1 is 0.620 bits per heavy atom. The Bertz CT molecular complexity index is 4790. The number of hydroxylamine groups is 2. The number of nitrogens with one attached hydrogen (secondary N) is 3. The number of hydrogen-bond acceptors (Lipinski definition) is 22. The van der Waals surface area contributed by atoms with Gasteiger partial charge in [0.25, 0.3) is 15.9 Å². The summed E-state index contributed by atoms with van der Waals surface area (Å²) >= 11 is 0. The van der Waals surface area contributed by atoms with Crippen molar-refractivity contribution in [1.82, 2.24) is 20.6 Å². The van der Waals surface area contributed by atoms with E-state index in [1.807, 2.05) is 30.2 Å². The Labute approximate surface area is 710 Å². The first kappa shape index (κ1) is 87.7. The monoisotopic (exact) mass is 1550 g/mol. The molecule has 2 heterocycles. The minimum Gasteiger partial charge on any atom is -0.744 e. The van der Waals surface area contributed by atoms with Crippen molar-refractivity contribution in [3.63, 3.8) is 0 Å². The molecule has 100 heavy (non-hydrogen) atoms. The van der Waals surface area contributed by atoms with Crippen molar-refractivity contribution < 1.29 is 253 Å². The number of nitrogens with zero attached hydrogens (tertiary/aromatic N) is 3. The van der Waals surface area contributed by atoms with Crippen molar-refractivity contribution in [2.75, 3.05) is 58.0 Å². The van der Waals surface area contributed by atoms with Gasteiger partial charge in [-0.1, -0.05) is 73.8 Å². The van der Waals surface area contributed by atoms with Crippen LogP contribution in [0.25, 0.3) is 32.7 Å². The van der Waals surface area contributed by atoms with Crippen LogP contribution in [0.3, 0.4) is 0 Å². The van der Waals surface area contributed by atoms with Gasteiger partial charge in [-0.15, -0.1) is 0 Å². The molecule has 0 spiro atoms. The number of hydrogen-bond donors (Lipinski definition) is 4. The molecule has 0 saturated heterocycles. The Morgan fingerprint density at radius 3 is 1.72 bits per heavy atom. The number of ether oxygens (including phenoxy) is 2. The number of carbonyl (C=O) groups is 3. The van der Waals surface area contributed by atoms with E-state index in [1.165, 1.54) is 36.9 Å². The number of carbonyl (C=O) groups excluding carboxylic acids is 3. The molecule has 6 aromatic rings. The van der Waals surface area contributed by atoms with Crippen LogP contribution in [0.2, 0.25) is 0 Å². The molecule has 2 aliphatic rings. The van der Waals surface area contributed by atoms with Gasteiger partial charge >= 0.3 is 154 Å². The van der Waals surface area contributed by atoms with Gasteiger partial charge in [0, 0.05) is 78.8 Å². The summed E-state index contributed by atoms with van der Waals surface area (Å²) in [4.78, 5) is 42.0. The fraction of sp³-hybridized carbons (Fsp3) is 0.354. The molecule has 0 aromatic heterocycles. The molecule has 35 heteroatoms. The molecule has 0 fully saturated rings. The van der Waals surface area contributed by atoms with Crippen molar-refractivity contribution in [3.8, 4) is 16.9 Å². The first-order valence-electron chi connectivity index (χ1n) is 30.5. The predicted molar refractivity (Wildman–Crippen MR) is 352 cm³/mol. The van der Waals surface area contributed by atoms with Gasteiger partial charge in [0.15, 0.2) is 5.71 Å². The van der Waals surface area contributed by atoms with Crippen molar-refractivity contribution in [1.29, 1.82) is 0 Å². The van der Waals surface area contributed by atoms with Gasteiger partial charge < -0.3 is 43.2 Å². The fourth-order valence-electron chi connectivity index (χ4n) is 12.2. The zero-order valence-corrected chi connectivity index (χ0v) is 70.3. The van der Waals surface area contributed by atoms with Gasteiger partial charge in [-0.25, -0.2) is 47.6 Å². The molecule has 6 aromatic carbocycles. The van der Waals surface area contributed by atoms with Crippen LogP contribution in [-0.2, 0) is 85.3 Å². The maximum absolute atomic E-state index is 14.2. The van der Waals surface area contributed by atoms with Crippen LogP contribution in [-0.4, -0.2) is 157 Å². The standard InChI is InChI=1S/C65H76N6O21S5.3K/c1-8-59(72)66-32-31-54(63(74)68-75)71(93(76,77)45-25-21-43(22-26-45)42-19-23-44(90-7)24-20-42)92-37-36-91-35-33-67-60(73)18-14-11-15-34-70-53-30-28-49-51(39-47(95(81,82)83)41-56(49)97(87,88)89)62(53)65(5,6)58(70)17-13-10-12-16-57-64(3,4)61-50-38-46(94(78,79)80)40-55(96(84,85)86)48(50)27-29-52(61)69(57)9-2;;;/h10,12-13,16-17,19-30,38-41,54H,8-9,11,14-15,18,31-37H2,1-7H3,(H7-,66,67,68,72,73,74,75,78,79,80,81,82,83,84,85,86,87,88,89);;;/q;3*+1/p-3/t54-;;;/m1.../s1. The number of likely N-dealkylation sites (N-methyl/N-ethyl adjacent to an activating group) is 1. The Kier molecular flexibility index (Phi) is 32.1.